The Morgan fingerprint density at radius 1 is 1.43 bits per heavy atom. The van der Waals surface area contributed by atoms with Crippen molar-refractivity contribution in [2.75, 3.05) is 25.2 Å². The van der Waals surface area contributed by atoms with Crippen molar-refractivity contribution < 1.29 is 18.3 Å². The van der Waals surface area contributed by atoms with E-state index in [1.54, 1.807) is 11.8 Å². The van der Waals surface area contributed by atoms with Gasteiger partial charge in [0.2, 0.25) is 5.91 Å². The molecule has 1 amide bonds. The molecule has 0 radical (unpaired) electrons. The Bertz CT molecular complexity index is 452. The summed E-state index contributed by atoms with van der Waals surface area (Å²) in [6.45, 7) is 0.414. The molecule has 0 saturated carbocycles. The van der Waals surface area contributed by atoms with Gasteiger partial charge in [-0.15, -0.1) is 12.4 Å². The summed E-state index contributed by atoms with van der Waals surface area (Å²) in [4.78, 5) is 11.5. The third kappa shape index (κ3) is 7.50. The number of ether oxygens (including phenoxy) is 1. The van der Waals surface area contributed by atoms with Crippen LogP contribution in [0.3, 0.4) is 0 Å². The molecule has 0 saturated heterocycles. The zero-order valence-corrected chi connectivity index (χ0v) is 13.2. The minimum Gasteiger partial charge on any atom is -0.492 e. The lowest BCUT2D eigenvalue weighted by atomic mass is 10.2. The average molecular weight is 341 g/mol. The number of hydrogen-bond donors (Lipinski definition) is 2. The summed E-state index contributed by atoms with van der Waals surface area (Å²) in [6.07, 6.45) is 2.55. The second-order valence-corrected chi connectivity index (χ2v) is 5.09. The third-order valence-corrected chi connectivity index (χ3v) is 3.17. The summed E-state index contributed by atoms with van der Waals surface area (Å²) in [5.74, 6) is -1.10. The molecule has 4 nitrogen and oxygen atoms in total. The van der Waals surface area contributed by atoms with Crippen LogP contribution < -0.4 is 15.8 Å². The number of carbonyl (C=O) groups excluding carboxylic acids is 1. The van der Waals surface area contributed by atoms with Gasteiger partial charge in [-0.05, 0) is 30.6 Å². The molecule has 1 aromatic rings. The van der Waals surface area contributed by atoms with Gasteiger partial charge < -0.3 is 15.8 Å². The first-order chi connectivity index (χ1) is 9.54. The molecule has 8 heteroatoms. The van der Waals surface area contributed by atoms with Crippen LogP contribution in [0.25, 0.3) is 0 Å². The molecular formula is C13H19ClF2N2O2S. The van der Waals surface area contributed by atoms with Gasteiger partial charge in [-0.1, -0.05) is 0 Å². The number of amides is 1. The molecule has 0 aliphatic rings. The zero-order chi connectivity index (χ0) is 15.0. The maximum atomic E-state index is 12.9. The summed E-state index contributed by atoms with van der Waals surface area (Å²) >= 11 is 1.62. The van der Waals surface area contributed by atoms with Crippen molar-refractivity contribution in [1.82, 2.24) is 5.32 Å². The van der Waals surface area contributed by atoms with Crippen molar-refractivity contribution in [3.63, 3.8) is 0 Å². The fourth-order valence-corrected chi connectivity index (χ4v) is 1.91. The van der Waals surface area contributed by atoms with Gasteiger partial charge in [0, 0.05) is 6.07 Å². The van der Waals surface area contributed by atoms with E-state index in [0.29, 0.717) is 6.42 Å². The highest BCUT2D eigenvalue weighted by Crippen LogP contribution is 2.14. The first kappa shape index (κ1) is 19.9. The zero-order valence-electron chi connectivity index (χ0n) is 11.6. The lowest BCUT2D eigenvalue weighted by Gasteiger charge is -2.12. The minimum atomic E-state index is -0.967. The molecule has 0 spiro atoms. The maximum absolute atomic E-state index is 12.9. The Kier molecular flexibility index (Phi) is 10.1. The highest BCUT2D eigenvalue weighted by molar-refractivity contribution is 7.98. The van der Waals surface area contributed by atoms with E-state index in [-0.39, 0.29) is 37.2 Å². The Balaban J connectivity index is 0.00000400. The molecule has 0 aliphatic carbocycles. The highest BCUT2D eigenvalue weighted by Gasteiger charge is 2.11. The number of nitrogens with one attached hydrogen (secondary N) is 1. The molecule has 0 aliphatic heterocycles. The Morgan fingerprint density at radius 2 is 2.14 bits per heavy atom. The number of nitrogens with two attached hydrogens (primary N) is 1. The molecule has 1 aromatic carbocycles. The van der Waals surface area contributed by atoms with Crippen LogP contribution in [-0.2, 0) is 4.79 Å². The predicted molar refractivity (Wildman–Crippen MR) is 83.1 cm³/mol. The molecule has 120 valence electrons. The lowest BCUT2D eigenvalue weighted by molar-refractivity contribution is -0.122. The van der Waals surface area contributed by atoms with E-state index in [9.17, 15) is 13.6 Å². The quantitative estimate of drug-likeness (QED) is 0.710. The van der Waals surface area contributed by atoms with Gasteiger partial charge in [-0.2, -0.15) is 11.8 Å². The summed E-state index contributed by atoms with van der Waals surface area (Å²) in [6, 6.07) is 2.73. The van der Waals surface area contributed by atoms with E-state index in [1.165, 1.54) is 6.07 Å². The highest BCUT2D eigenvalue weighted by atomic mass is 35.5. The van der Waals surface area contributed by atoms with Gasteiger partial charge >= 0.3 is 0 Å². The molecule has 0 aromatic heterocycles. The van der Waals surface area contributed by atoms with Crippen molar-refractivity contribution in [2.24, 2.45) is 5.73 Å². The molecule has 21 heavy (non-hydrogen) atoms. The monoisotopic (exact) mass is 340 g/mol. The smallest absolute Gasteiger partial charge is 0.237 e. The molecular weight excluding hydrogens is 322 g/mol. The van der Waals surface area contributed by atoms with E-state index in [2.05, 4.69) is 5.32 Å². The summed E-state index contributed by atoms with van der Waals surface area (Å²) in [5.41, 5.74) is 5.68. The predicted octanol–water partition coefficient (Wildman–Crippen LogP) is 1.96. The first-order valence-corrected chi connectivity index (χ1v) is 7.54. The summed E-state index contributed by atoms with van der Waals surface area (Å²) < 4.78 is 30.8. The van der Waals surface area contributed by atoms with Crippen molar-refractivity contribution >= 4 is 30.1 Å². The Morgan fingerprint density at radius 3 is 2.76 bits per heavy atom. The van der Waals surface area contributed by atoms with Gasteiger partial charge in [0.1, 0.15) is 12.4 Å². The molecule has 0 fully saturated rings. The van der Waals surface area contributed by atoms with Crippen molar-refractivity contribution in [3.05, 3.63) is 29.8 Å². The van der Waals surface area contributed by atoms with Crippen molar-refractivity contribution in [3.8, 4) is 5.75 Å². The second kappa shape index (κ2) is 10.6. The number of carbonyl (C=O) groups is 1. The van der Waals surface area contributed by atoms with Crippen LogP contribution in [0.1, 0.15) is 6.42 Å². The van der Waals surface area contributed by atoms with E-state index in [4.69, 9.17) is 10.5 Å². The molecule has 1 rings (SSSR count). The molecule has 0 unspecified atom stereocenters. The Labute approximate surface area is 133 Å². The third-order valence-electron chi connectivity index (χ3n) is 2.53. The van der Waals surface area contributed by atoms with E-state index in [0.717, 1.165) is 17.9 Å². The van der Waals surface area contributed by atoms with Crippen LogP contribution in [0.15, 0.2) is 18.2 Å². The van der Waals surface area contributed by atoms with Gasteiger partial charge in [-0.25, -0.2) is 8.78 Å². The average Bonchev–Trinajstić information content (AvgIpc) is 2.44. The van der Waals surface area contributed by atoms with Gasteiger partial charge in [0.15, 0.2) is 11.6 Å². The van der Waals surface area contributed by atoms with E-state index < -0.39 is 17.7 Å². The van der Waals surface area contributed by atoms with E-state index in [1.807, 2.05) is 6.26 Å². The van der Waals surface area contributed by atoms with Crippen molar-refractivity contribution in [1.29, 1.82) is 0 Å². The normalized spacial score (nSPS) is 11.4. The number of halogens is 3. The molecule has 0 heterocycles. The second-order valence-electron chi connectivity index (χ2n) is 4.10. The van der Waals surface area contributed by atoms with Gasteiger partial charge in [-0.3, -0.25) is 4.79 Å². The Hall–Kier alpha value is -1.05. The number of benzene rings is 1. The number of hydrogen-bond acceptors (Lipinski definition) is 4. The lowest BCUT2D eigenvalue weighted by Crippen LogP contribution is -2.42. The maximum Gasteiger partial charge on any atom is 0.237 e. The summed E-state index contributed by atoms with van der Waals surface area (Å²) in [5, 5.41) is 2.62. The minimum absolute atomic E-state index is 0. The molecule has 3 N–H and O–H groups in total. The fourth-order valence-electron chi connectivity index (χ4n) is 1.42. The van der Waals surface area contributed by atoms with Crippen LogP contribution in [-0.4, -0.2) is 37.1 Å². The van der Waals surface area contributed by atoms with Crippen LogP contribution in [0.4, 0.5) is 8.78 Å². The molecule has 1 atom stereocenters. The van der Waals surface area contributed by atoms with Crippen LogP contribution in [0.2, 0.25) is 0 Å². The van der Waals surface area contributed by atoms with Gasteiger partial charge in [0.05, 0.1) is 12.6 Å². The largest absolute Gasteiger partial charge is 0.492 e. The van der Waals surface area contributed by atoms with E-state index >= 15 is 0 Å². The van der Waals surface area contributed by atoms with Gasteiger partial charge in [0.25, 0.3) is 0 Å². The fraction of sp³-hybridized carbons (Fsp3) is 0.462. The number of rotatable bonds is 8. The van der Waals surface area contributed by atoms with Crippen LogP contribution in [0.5, 0.6) is 5.75 Å². The molecule has 0 bridgehead atoms. The summed E-state index contributed by atoms with van der Waals surface area (Å²) in [7, 11) is 0. The van der Waals surface area contributed by atoms with Crippen LogP contribution in [0, 0.1) is 11.6 Å². The van der Waals surface area contributed by atoms with Crippen LogP contribution >= 0.6 is 24.2 Å². The first-order valence-electron chi connectivity index (χ1n) is 6.14. The van der Waals surface area contributed by atoms with Crippen molar-refractivity contribution in [2.45, 2.75) is 12.5 Å². The number of thioether (sulfide) groups is 1. The SMILES string of the molecule is CSCC[C@H](N)C(=O)NCCOc1ccc(F)c(F)c1.Cl. The topological polar surface area (TPSA) is 64.4 Å². The standard InChI is InChI=1S/C13H18F2N2O2S.ClH/c1-20-7-4-12(16)13(18)17-5-6-19-9-2-3-10(14)11(15)8-9;/h2-3,8,12H,4-7,16H2,1H3,(H,17,18);1H/t12-;/m0./s1.